The van der Waals surface area contributed by atoms with E-state index in [1.54, 1.807) is 0 Å². The first kappa shape index (κ1) is 45.2. The third kappa shape index (κ3) is 23.6. The Morgan fingerprint density at radius 3 is 1.48 bits per heavy atom. The minimum Gasteiger partial charge on any atom is -0.457 e. The van der Waals surface area contributed by atoms with Gasteiger partial charge in [0.2, 0.25) is 0 Å². The summed E-state index contributed by atoms with van der Waals surface area (Å²) in [6.45, 7) is 4.56. The molecule has 1 rings (SSSR count). The number of ether oxygens (including phenoxy) is 4. The van der Waals surface area contributed by atoms with Crippen LogP contribution in [-0.4, -0.2) is 89.6 Å². The van der Waals surface area contributed by atoms with Gasteiger partial charge in [0.1, 0.15) is 30.5 Å². The molecule has 0 aromatic heterocycles. The lowest BCUT2D eigenvalue weighted by atomic mass is 9.99. The maximum atomic E-state index is 12.6. The molecule has 4 N–H and O–H groups in total. The first-order valence-electron chi connectivity index (χ1n) is 20.1. The summed E-state index contributed by atoms with van der Waals surface area (Å²) in [5.41, 5.74) is 0. The molecule has 1 aliphatic rings. The van der Waals surface area contributed by atoms with E-state index in [1.807, 2.05) is 0 Å². The van der Waals surface area contributed by atoms with Crippen LogP contribution in [0.15, 0.2) is 0 Å². The number of rotatable bonds is 34. The second kappa shape index (κ2) is 32.1. The van der Waals surface area contributed by atoms with Gasteiger partial charge in [-0.3, -0.25) is 4.79 Å². The minimum atomic E-state index is -1.53. The van der Waals surface area contributed by atoms with Gasteiger partial charge in [0.05, 0.1) is 19.8 Å². The largest absolute Gasteiger partial charge is 0.457 e. The number of aliphatic hydroxyl groups is 4. The summed E-state index contributed by atoms with van der Waals surface area (Å²) in [5.74, 6) is -0.314. The molecule has 286 valence electrons. The maximum absolute atomic E-state index is 12.6. The third-order valence-corrected chi connectivity index (χ3v) is 9.52. The van der Waals surface area contributed by atoms with Gasteiger partial charge in [-0.25, -0.2) is 0 Å². The van der Waals surface area contributed by atoms with Gasteiger partial charge in [0.15, 0.2) is 6.29 Å². The Kier molecular flexibility index (Phi) is 30.3. The summed E-state index contributed by atoms with van der Waals surface area (Å²) in [6.07, 6.45) is 24.2. The zero-order valence-electron chi connectivity index (χ0n) is 31.0. The molecule has 1 heterocycles. The number of unbranched alkanes of at least 4 members (excludes halogenated alkanes) is 23. The normalized spacial score (nSPS) is 21.8. The van der Waals surface area contributed by atoms with Crippen molar-refractivity contribution in [3.63, 3.8) is 0 Å². The first-order chi connectivity index (χ1) is 23.4. The molecular weight excluding hydrogens is 612 g/mol. The summed E-state index contributed by atoms with van der Waals surface area (Å²) in [4.78, 5) is 12.6. The molecule has 0 radical (unpaired) electrons. The highest BCUT2D eigenvalue weighted by Crippen LogP contribution is 2.22. The average molecular weight is 689 g/mol. The molecule has 1 saturated heterocycles. The number of hydrogen-bond acceptors (Lipinski definition) is 9. The minimum absolute atomic E-state index is 0.106. The van der Waals surface area contributed by atoms with Gasteiger partial charge in [0, 0.05) is 13.0 Å². The lowest BCUT2D eigenvalue weighted by molar-refractivity contribution is -0.305. The van der Waals surface area contributed by atoms with Crippen LogP contribution in [0.5, 0.6) is 0 Å². The van der Waals surface area contributed by atoms with Crippen molar-refractivity contribution < 1.29 is 44.2 Å². The maximum Gasteiger partial charge on any atom is 0.306 e. The van der Waals surface area contributed by atoms with E-state index in [4.69, 9.17) is 18.9 Å². The molecule has 0 saturated carbocycles. The molecule has 6 unspecified atom stereocenters. The first-order valence-corrected chi connectivity index (χ1v) is 20.1. The Morgan fingerprint density at radius 1 is 0.583 bits per heavy atom. The molecule has 6 atom stereocenters. The van der Waals surface area contributed by atoms with E-state index in [9.17, 15) is 25.2 Å². The summed E-state index contributed by atoms with van der Waals surface area (Å²) in [6, 6.07) is 0. The van der Waals surface area contributed by atoms with Gasteiger partial charge >= 0.3 is 5.97 Å². The van der Waals surface area contributed by atoms with Crippen LogP contribution in [0.3, 0.4) is 0 Å². The number of carbonyl (C=O) groups excluding carboxylic acids is 1. The van der Waals surface area contributed by atoms with E-state index >= 15 is 0 Å². The summed E-state index contributed by atoms with van der Waals surface area (Å²) in [7, 11) is 0. The smallest absolute Gasteiger partial charge is 0.306 e. The van der Waals surface area contributed by atoms with E-state index in [1.165, 1.54) is 128 Å². The third-order valence-electron chi connectivity index (χ3n) is 9.52. The van der Waals surface area contributed by atoms with Crippen LogP contribution in [0.25, 0.3) is 0 Å². The Hall–Kier alpha value is -0.810. The fourth-order valence-corrected chi connectivity index (χ4v) is 6.32. The molecule has 0 aliphatic carbocycles. The lowest BCUT2D eigenvalue weighted by Gasteiger charge is -2.39. The monoisotopic (exact) mass is 689 g/mol. The van der Waals surface area contributed by atoms with Gasteiger partial charge in [-0.05, 0) is 12.8 Å². The number of hydrogen-bond donors (Lipinski definition) is 4. The number of aliphatic hydroxyl groups excluding tert-OH is 4. The van der Waals surface area contributed by atoms with Crippen molar-refractivity contribution in [2.24, 2.45) is 0 Å². The van der Waals surface area contributed by atoms with Crippen LogP contribution in [0, 0.1) is 0 Å². The topological polar surface area (TPSA) is 135 Å². The van der Waals surface area contributed by atoms with Crippen molar-refractivity contribution in [2.75, 3.05) is 26.4 Å². The zero-order valence-corrected chi connectivity index (χ0v) is 31.0. The molecule has 48 heavy (non-hydrogen) atoms. The molecule has 0 bridgehead atoms. The van der Waals surface area contributed by atoms with Crippen LogP contribution in [-0.2, 0) is 23.7 Å². The summed E-state index contributed by atoms with van der Waals surface area (Å²) < 4.78 is 22.7. The van der Waals surface area contributed by atoms with E-state index < -0.39 is 43.4 Å². The van der Waals surface area contributed by atoms with Gasteiger partial charge in [-0.15, -0.1) is 0 Å². The molecule has 1 fully saturated rings. The van der Waals surface area contributed by atoms with Crippen LogP contribution in [0.4, 0.5) is 0 Å². The SMILES string of the molecule is CCCCCCCCCCCCCCCCCCOCC(COC1OC(CO)C(O)C(O)C1O)OC(=O)CCCCCCCCCCC. The highest BCUT2D eigenvalue weighted by atomic mass is 16.7. The van der Waals surface area contributed by atoms with Crippen molar-refractivity contribution in [3.05, 3.63) is 0 Å². The molecule has 1 aliphatic heterocycles. The van der Waals surface area contributed by atoms with E-state index in [0.29, 0.717) is 13.0 Å². The summed E-state index contributed by atoms with van der Waals surface area (Å²) >= 11 is 0. The molecule has 0 aromatic carbocycles. The molecule has 0 aromatic rings. The Bertz CT molecular complexity index is 707. The van der Waals surface area contributed by atoms with Gasteiger partial charge < -0.3 is 39.4 Å². The Morgan fingerprint density at radius 2 is 1.02 bits per heavy atom. The molecular formula is C39H76O9. The fourth-order valence-electron chi connectivity index (χ4n) is 6.32. The number of esters is 1. The Labute approximate surface area is 293 Å². The van der Waals surface area contributed by atoms with E-state index in [-0.39, 0.29) is 19.2 Å². The van der Waals surface area contributed by atoms with Crippen LogP contribution in [0.1, 0.15) is 181 Å². The second-order valence-electron chi connectivity index (χ2n) is 14.1. The van der Waals surface area contributed by atoms with Crippen molar-refractivity contribution in [1.82, 2.24) is 0 Å². The van der Waals surface area contributed by atoms with Gasteiger partial charge in [0.25, 0.3) is 0 Å². The van der Waals surface area contributed by atoms with Crippen LogP contribution < -0.4 is 0 Å². The highest BCUT2D eigenvalue weighted by Gasteiger charge is 2.44. The predicted molar refractivity (Wildman–Crippen MR) is 192 cm³/mol. The average Bonchev–Trinajstić information content (AvgIpc) is 3.08. The van der Waals surface area contributed by atoms with Crippen molar-refractivity contribution in [1.29, 1.82) is 0 Å². The molecule has 0 spiro atoms. The standard InChI is InChI=1S/C39H76O9/c1-3-5-7-9-11-13-14-15-16-17-18-19-21-23-25-27-29-45-31-33(32-46-39-38(44)37(43)36(42)34(30-40)48-39)47-35(41)28-26-24-22-20-12-10-8-6-4-2/h33-34,36-40,42-44H,3-32H2,1-2H3. The predicted octanol–water partition coefficient (Wildman–Crippen LogP) is 7.91. The molecule has 9 nitrogen and oxygen atoms in total. The fraction of sp³-hybridized carbons (Fsp3) is 0.974. The zero-order chi connectivity index (χ0) is 35.1. The highest BCUT2D eigenvalue weighted by molar-refractivity contribution is 5.69. The molecule has 9 heteroatoms. The summed E-state index contributed by atoms with van der Waals surface area (Å²) in [5, 5.41) is 39.9. The lowest BCUT2D eigenvalue weighted by Crippen LogP contribution is -2.59. The van der Waals surface area contributed by atoms with E-state index in [2.05, 4.69) is 13.8 Å². The van der Waals surface area contributed by atoms with Gasteiger partial charge in [-0.1, -0.05) is 162 Å². The quantitative estimate of drug-likeness (QED) is 0.0393. The van der Waals surface area contributed by atoms with Crippen molar-refractivity contribution >= 4 is 5.97 Å². The van der Waals surface area contributed by atoms with E-state index in [0.717, 1.165) is 32.1 Å². The van der Waals surface area contributed by atoms with Gasteiger partial charge in [-0.2, -0.15) is 0 Å². The van der Waals surface area contributed by atoms with Crippen LogP contribution >= 0.6 is 0 Å². The number of carbonyl (C=O) groups is 1. The molecule has 0 amide bonds. The van der Waals surface area contributed by atoms with Crippen molar-refractivity contribution in [2.45, 2.75) is 218 Å². The van der Waals surface area contributed by atoms with Crippen LogP contribution in [0.2, 0.25) is 0 Å². The Balaban J connectivity index is 2.26. The second-order valence-corrected chi connectivity index (χ2v) is 14.1. The van der Waals surface area contributed by atoms with Crippen molar-refractivity contribution in [3.8, 4) is 0 Å².